The second-order valence-electron chi connectivity index (χ2n) is 8.54. The van der Waals surface area contributed by atoms with Crippen LogP contribution in [0.1, 0.15) is 22.8 Å². The summed E-state index contributed by atoms with van der Waals surface area (Å²) in [7, 11) is 0. The van der Waals surface area contributed by atoms with Crippen LogP contribution in [0.3, 0.4) is 0 Å². The van der Waals surface area contributed by atoms with Gasteiger partial charge in [-0.2, -0.15) is 0 Å². The smallest absolute Gasteiger partial charge is 0.338 e. The molecule has 0 bridgehead atoms. The van der Waals surface area contributed by atoms with Crippen LogP contribution in [-0.2, 0) is 16.0 Å². The standard InChI is InChI=1S/C31H29N3O5/c1-2-38-30(36)23-17-19-24(20-18-23)32-31(37)34-27(21-22-11-5-3-6-12-22)29(35)33-26-15-9-10-16-28(26)39-25-13-7-4-8-14-25/h3-20,27H,2,21H2,1H3,(H,33,35)(H2,32,34,37). The zero-order valence-corrected chi connectivity index (χ0v) is 21.4. The first-order valence-corrected chi connectivity index (χ1v) is 12.5. The number of anilines is 2. The van der Waals surface area contributed by atoms with Crippen molar-refractivity contribution in [2.24, 2.45) is 0 Å². The molecule has 0 aromatic heterocycles. The van der Waals surface area contributed by atoms with Gasteiger partial charge in [0.05, 0.1) is 17.9 Å². The Morgan fingerprint density at radius 3 is 2.08 bits per heavy atom. The highest BCUT2D eigenvalue weighted by Crippen LogP contribution is 2.29. The van der Waals surface area contributed by atoms with E-state index in [2.05, 4.69) is 16.0 Å². The summed E-state index contributed by atoms with van der Waals surface area (Å²) in [6.45, 7) is 2.00. The normalized spacial score (nSPS) is 11.1. The van der Waals surface area contributed by atoms with E-state index in [4.69, 9.17) is 9.47 Å². The molecule has 0 fully saturated rings. The van der Waals surface area contributed by atoms with Crippen molar-refractivity contribution in [3.8, 4) is 11.5 Å². The molecule has 198 valence electrons. The molecular formula is C31H29N3O5. The third kappa shape index (κ3) is 7.93. The number of nitrogens with one attached hydrogen (secondary N) is 3. The summed E-state index contributed by atoms with van der Waals surface area (Å²) < 4.78 is 10.9. The predicted octanol–water partition coefficient (Wildman–Crippen LogP) is 6.03. The van der Waals surface area contributed by atoms with E-state index in [0.29, 0.717) is 28.4 Å². The Morgan fingerprint density at radius 2 is 1.38 bits per heavy atom. The monoisotopic (exact) mass is 523 g/mol. The number of para-hydroxylation sites is 3. The Bertz CT molecular complexity index is 1390. The number of hydrogen-bond donors (Lipinski definition) is 3. The number of esters is 1. The van der Waals surface area contributed by atoms with Gasteiger partial charge in [-0.25, -0.2) is 9.59 Å². The molecule has 0 saturated heterocycles. The minimum atomic E-state index is -0.893. The van der Waals surface area contributed by atoms with Gasteiger partial charge < -0.3 is 25.4 Å². The van der Waals surface area contributed by atoms with E-state index in [9.17, 15) is 14.4 Å². The molecule has 0 aliphatic heterocycles. The van der Waals surface area contributed by atoms with Crippen LogP contribution < -0.4 is 20.7 Å². The van der Waals surface area contributed by atoms with Crippen LogP contribution in [-0.4, -0.2) is 30.6 Å². The van der Waals surface area contributed by atoms with Gasteiger partial charge in [0.25, 0.3) is 0 Å². The van der Waals surface area contributed by atoms with Gasteiger partial charge in [-0.3, -0.25) is 4.79 Å². The average Bonchev–Trinajstić information content (AvgIpc) is 2.95. The van der Waals surface area contributed by atoms with Gasteiger partial charge in [0.15, 0.2) is 5.75 Å². The highest BCUT2D eigenvalue weighted by Gasteiger charge is 2.23. The van der Waals surface area contributed by atoms with E-state index in [0.717, 1.165) is 5.56 Å². The van der Waals surface area contributed by atoms with Crippen LogP contribution in [0.15, 0.2) is 109 Å². The summed E-state index contributed by atoms with van der Waals surface area (Å²) in [6, 6.07) is 30.6. The van der Waals surface area contributed by atoms with Gasteiger partial charge in [0.1, 0.15) is 11.8 Å². The number of benzene rings is 4. The summed E-state index contributed by atoms with van der Waals surface area (Å²) in [4.78, 5) is 38.2. The van der Waals surface area contributed by atoms with Crippen LogP contribution in [0, 0.1) is 0 Å². The summed E-state index contributed by atoms with van der Waals surface area (Å²) >= 11 is 0. The Labute approximate surface area is 227 Å². The molecule has 4 aromatic carbocycles. The highest BCUT2D eigenvalue weighted by atomic mass is 16.5. The van der Waals surface area contributed by atoms with Crippen molar-refractivity contribution in [3.05, 3.63) is 120 Å². The summed E-state index contributed by atoms with van der Waals surface area (Å²) in [5, 5.41) is 8.37. The molecular weight excluding hydrogens is 494 g/mol. The maximum absolute atomic E-state index is 13.4. The summed E-state index contributed by atoms with van der Waals surface area (Å²) in [5.74, 6) is 0.258. The first-order valence-electron chi connectivity index (χ1n) is 12.5. The average molecular weight is 524 g/mol. The minimum Gasteiger partial charge on any atom is -0.462 e. The largest absolute Gasteiger partial charge is 0.462 e. The van der Waals surface area contributed by atoms with Gasteiger partial charge in [-0.05, 0) is 61.0 Å². The van der Waals surface area contributed by atoms with Crippen LogP contribution in [0.5, 0.6) is 11.5 Å². The van der Waals surface area contributed by atoms with Crippen LogP contribution >= 0.6 is 0 Å². The van der Waals surface area contributed by atoms with Crippen molar-refractivity contribution in [2.75, 3.05) is 17.2 Å². The van der Waals surface area contributed by atoms with Crippen LogP contribution in [0.25, 0.3) is 0 Å². The lowest BCUT2D eigenvalue weighted by Gasteiger charge is -2.20. The maximum atomic E-state index is 13.4. The molecule has 3 N–H and O–H groups in total. The molecule has 0 saturated carbocycles. The van der Waals surface area contributed by atoms with Crippen molar-refractivity contribution in [3.63, 3.8) is 0 Å². The number of amides is 3. The fourth-order valence-electron chi connectivity index (χ4n) is 3.78. The van der Waals surface area contributed by atoms with Gasteiger partial charge in [0.2, 0.25) is 5.91 Å². The van der Waals surface area contributed by atoms with E-state index >= 15 is 0 Å². The first kappa shape index (κ1) is 26.9. The number of carbonyl (C=O) groups is 3. The number of ether oxygens (including phenoxy) is 2. The third-order valence-electron chi connectivity index (χ3n) is 5.67. The second kappa shape index (κ2) is 13.4. The fraction of sp³-hybridized carbons (Fsp3) is 0.129. The van der Waals surface area contributed by atoms with E-state index in [-0.39, 0.29) is 13.0 Å². The zero-order valence-electron chi connectivity index (χ0n) is 21.4. The Morgan fingerprint density at radius 1 is 0.744 bits per heavy atom. The van der Waals surface area contributed by atoms with Gasteiger partial charge in [-0.1, -0.05) is 60.7 Å². The van der Waals surface area contributed by atoms with Crippen LogP contribution in [0.4, 0.5) is 16.2 Å². The Hall–Kier alpha value is -5.11. The molecule has 8 heteroatoms. The van der Waals surface area contributed by atoms with Gasteiger partial charge in [-0.15, -0.1) is 0 Å². The molecule has 1 atom stereocenters. The van der Waals surface area contributed by atoms with Crippen LogP contribution in [0.2, 0.25) is 0 Å². The SMILES string of the molecule is CCOC(=O)c1ccc(NC(=O)NC(Cc2ccccc2)C(=O)Nc2ccccc2Oc2ccccc2)cc1. The molecule has 0 radical (unpaired) electrons. The molecule has 1 unspecified atom stereocenters. The lowest BCUT2D eigenvalue weighted by atomic mass is 10.1. The topological polar surface area (TPSA) is 106 Å². The maximum Gasteiger partial charge on any atom is 0.338 e. The minimum absolute atomic E-state index is 0.267. The summed E-state index contributed by atoms with van der Waals surface area (Å²) in [5.41, 5.74) is 2.19. The van der Waals surface area contributed by atoms with Crippen molar-refractivity contribution in [1.29, 1.82) is 0 Å². The third-order valence-corrected chi connectivity index (χ3v) is 5.67. The summed E-state index contributed by atoms with van der Waals surface area (Å²) in [6.07, 6.45) is 0.267. The lowest BCUT2D eigenvalue weighted by Crippen LogP contribution is -2.47. The van der Waals surface area contributed by atoms with Crippen molar-refractivity contribution in [2.45, 2.75) is 19.4 Å². The fourth-order valence-corrected chi connectivity index (χ4v) is 3.78. The highest BCUT2D eigenvalue weighted by molar-refractivity contribution is 6.00. The van der Waals surface area contributed by atoms with E-state index < -0.39 is 23.9 Å². The number of carbonyl (C=O) groups excluding carboxylic acids is 3. The molecule has 0 aliphatic carbocycles. The number of urea groups is 1. The molecule has 39 heavy (non-hydrogen) atoms. The molecule has 3 amide bonds. The van der Waals surface area contributed by atoms with Gasteiger partial charge in [0, 0.05) is 12.1 Å². The van der Waals surface area contributed by atoms with Crippen molar-refractivity contribution >= 4 is 29.3 Å². The molecule has 0 aliphatic rings. The Balaban J connectivity index is 1.47. The lowest BCUT2D eigenvalue weighted by molar-refractivity contribution is -0.117. The molecule has 8 nitrogen and oxygen atoms in total. The first-order chi connectivity index (χ1) is 19.0. The molecule has 0 heterocycles. The molecule has 0 spiro atoms. The number of rotatable bonds is 10. The second-order valence-corrected chi connectivity index (χ2v) is 8.54. The number of hydrogen-bond acceptors (Lipinski definition) is 5. The van der Waals surface area contributed by atoms with E-state index in [1.165, 1.54) is 0 Å². The quantitative estimate of drug-likeness (QED) is 0.220. The molecule has 4 rings (SSSR count). The zero-order chi connectivity index (χ0) is 27.5. The molecule has 4 aromatic rings. The van der Waals surface area contributed by atoms with E-state index in [1.807, 2.05) is 66.7 Å². The predicted molar refractivity (Wildman–Crippen MR) is 150 cm³/mol. The Kier molecular flexibility index (Phi) is 9.28. The van der Waals surface area contributed by atoms with E-state index in [1.54, 1.807) is 49.4 Å². The van der Waals surface area contributed by atoms with Gasteiger partial charge >= 0.3 is 12.0 Å². The van der Waals surface area contributed by atoms with Crippen molar-refractivity contribution < 1.29 is 23.9 Å². The van der Waals surface area contributed by atoms with Crippen molar-refractivity contribution in [1.82, 2.24) is 5.32 Å².